The van der Waals surface area contributed by atoms with Crippen LogP contribution in [-0.2, 0) is 110 Å². The number of aliphatic hydroxyl groups is 15. The van der Waals surface area contributed by atoms with Gasteiger partial charge in [0, 0.05) is 53.8 Å². The topological polar surface area (TPSA) is 770 Å². The van der Waals surface area contributed by atoms with E-state index in [9.17, 15) is 139 Å². The van der Waals surface area contributed by atoms with E-state index in [1.54, 1.807) is 0 Å². The summed E-state index contributed by atoms with van der Waals surface area (Å²) in [6.07, 6.45) is -49.2. The number of carboxylic acids is 1. The minimum atomic E-state index is -3.28. The Hall–Kier alpha value is -7.89. The van der Waals surface area contributed by atoms with Gasteiger partial charge in [-0.1, -0.05) is 0 Å². The summed E-state index contributed by atoms with van der Waals surface area (Å²) in [6, 6.07) is -15.9. The van der Waals surface area contributed by atoms with E-state index in [1.165, 1.54) is 30.6 Å². The van der Waals surface area contributed by atoms with E-state index >= 15 is 4.79 Å². The molecule has 8 aliphatic heterocycles. The lowest BCUT2D eigenvalue weighted by molar-refractivity contribution is -0.383. The summed E-state index contributed by atoms with van der Waals surface area (Å²) >= 11 is 0. The molecule has 0 radical (unpaired) electrons. The summed E-state index contributed by atoms with van der Waals surface area (Å²) in [6.45, 7) is 0.103. The highest BCUT2D eigenvalue weighted by atomic mass is 16.8. The van der Waals surface area contributed by atoms with Crippen LogP contribution in [0.1, 0.15) is 93.4 Å². The molecule has 8 rings (SSSR count). The number of hydrogen-bond acceptors (Lipinski definition) is 38. The van der Waals surface area contributed by atoms with Gasteiger partial charge in [0.2, 0.25) is 70.9 Å². The molecule has 26 N–H and O–H groups in total. The van der Waals surface area contributed by atoms with Crippen LogP contribution >= 0.6 is 0 Å². The number of ether oxygens (including phenoxy) is 10. The Kier molecular flexibility index (Phi) is 35.8. The highest BCUT2D eigenvalue weighted by Gasteiger charge is 2.62. The van der Waals surface area contributed by atoms with E-state index in [4.69, 9.17) is 53.1 Å². The zero-order valence-electron chi connectivity index (χ0n) is 67.5. The van der Waals surface area contributed by atoms with Crippen LogP contribution in [0.4, 0.5) is 0 Å². The SMILES string of the molecule is CC(=O)NC1[C@H](OCC2O[C@@H](OC(C)C(NC(=O)C(CO)NC(=O)CNC(=O)C3CCCN3C(C)=O)C(=O)NC(C)C(=O)N3CCCC3C(=O)N3CCCC3C(=O)NC(C)C(N)=O)C(NC(C)=O)[C@@H](O[C@@H]3OC(CO)[C@H](O)[C@H](O)C3O)[C@H]2O)OC(CO)[C@H](O[C@@H]2OC(CO)[C@H](O)[C@H](O[C@]3(C(=O)O)C[C@H](O)[C@@H](NC(C)=O)C([C@H](O)[C@H](O)CO)O3)C2O)[C@@H]1O. The third-order valence-corrected chi connectivity index (χ3v) is 22.2. The maximum atomic E-state index is 15.2. The second-order valence-corrected chi connectivity index (χ2v) is 31.1. The first-order chi connectivity index (χ1) is 57.5. The number of nitrogens with one attached hydrogen (secondary N) is 8. The first kappa shape index (κ1) is 99.5. The largest absolute Gasteiger partial charge is 0.477 e. The van der Waals surface area contributed by atoms with Gasteiger partial charge in [-0.05, 0) is 59.3 Å². The second-order valence-electron chi connectivity index (χ2n) is 31.1. The molecule has 692 valence electrons. The molecule has 0 aromatic heterocycles. The summed E-state index contributed by atoms with van der Waals surface area (Å²) in [5.74, 6) is -16.3. The van der Waals surface area contributed by atoms with E-state index in [0.29, 0.717) is 12.8 Å². The first-order valence-corrected chi connectivity index (χ1v) is 39.6. The van der Waals surface area contributed by atoms with Crippen LogP contribution in [0.15, 0.2) is 0 Å². The van der Waals surface area contributed by atoms with Crippen molar-refractivity contribution >= 4 is 76.9 Å². The minimum Gasteiger partial charge on any atom is -0.477 e. The van der Waals surface area contributed by atoms with Gasteiger partial charge in [-0.2, -0.15) is 0 Å². The fourth-order valence-electron chi connectivity index (χ4n) is 15.8. The van der Waals surface area contributed by atoms with Crippen molar-refractivity contribution in [3.05, 3.63) is 0 Å². The van der Waals surface area contributed by atoms with Crippen LogP contribution in [-0.4, -0.2) is 446 Å². The molecule has 8 heterocycles. The van der Waals surface area contributed by atoms with E-state index < -0.39 is 337 Å². The second kappa shape index (κ2) is 43.8. The standard InChI is InChI=1S/C71H114N12O39/c1-25(59(72)104)74-62(107)34-12-9-15-82(34)65(110)35-13-10-16-83(35)64(109)26(2)75-63(108)43(80-60(105)32(19-84)79-42(95)18-73-61(106)33-11-8-14-81(33)31(7)92)27(3)114-67-46(78-30(6)91)56(120-68-53(102)52(101)48(97)38(21-86)115-68)50(99)41(118-67)24-113-66-45(77-29(5)90)51(100)55(40(23-88)117-66)119-69-54(103)58(49(98)39(22-87)116-69)122-71(70(111)112)17-36(93)44(76-28(4)89)57(121-71)47(96)37(94)20-85/h25-27,32-41,43-58,66-69,84-88,93-94,96-103H,8-24H2,1-7H3,(H2,72,104)(H,73,106)(H,74,107)(H,75,108)(H,76,89)(H,77,90)(H,78,91)(H,79,95)(H,80,105)(H,111,112)/t25?,26?,27?,32?,33?,34?,35?,36-,37+,38?,39?,40?,41?,43?,44+,45?,46?,47+,48-,49-,50-,51+,52-,53?,54?,55-,56+,57?,58-,66+,67+,68-,69-,71-/m0/s1. The molecule has 8 fully saturated rings. The van der Waals surface area contributed by atoms with Crippen LogP contribution in [0.5, 0.6) is 0 Å². The van der Waals surface area contributed by atoms with Gasteiger partial charge in [-0.15, -0.1) is 0 Å². The van der Waals surface area contributed by atoms with Crippen LogP contribution in [0.3, 0.4) is 0 Å². The molecule has 0 spiro atoms. The third kappa shape index (κ3) is 23.4. The lowest BCUT2D eigenvalue weighted by Crippen LogP contribution is -2.71. The fraction of sp³-hybridized carbons (Fsp3) is 0.817. The maximum Gasteiger partial charge on any atom is 0.364 e. The van der Waals surface area contributed by atoms with Crippen molar-refractivity contribution in [2.45, 2.75) is 301 Å². The number of nitrogens with two attached hydrogens (primary N) is 1. The van der Waals surface area contributed by atoms with Gasteiger partial charge in [0.25, 0.3) is 5.79 Å². The van der Waals surface area contributed by atoms with Gasteiger partial charge in [0.1, 0.15) is 158 Å². The first-order valence-electron chi connectivity index (χ1n) is 39.6. The quantitative estimate of drug-likeness (QED) is 0.0277. The van der Waals surface area contributed by atoms with Crippen molar-refractivity contribution in [1.29, 1.82) is 0 Å². The van der Waals surface area contributed by atoms with Crippen LogP contribution in [0.2, 0.25) is 0 Å². The number of carbonyl (C=O) groups excluding carboxylic acids is 12. The average Bonchev–Trinajstić information content (AvgIpc) is 0.892. The maximum absolute atomic E-state index is 15.2. The number of nitrogens with zero attached hydrogens (tertiary/aromatic N) is 3. The molecule has 51 heteroatoms. The zero-order chi connectivity index (χ0) is 90.5. The Morgan fingerprint density at radius 2 is 1.06 bits per heavy atom. The summed E-state index contributed by atoms with van der Waals surface area (Å²) in [5.41, 5.74) is 5.37. The van der Waals surface area contributed by atoms with E-state index in [1.807, 2.05) is 0 Å². The van der Waals surface area contributed by atoms with Gasteiger partial charge >= 0.3 is 5.97 Å². The number of likely N-dealkylation sites (tertiary alicyclic amines) is 3. The van der Waals surface area contributed by atoms with E-state index in [-0.39, 0.29) is 45.3 Å². The number of amides is 12. The molecule has 17 unspecified atom stereocenters. The van der Waals surface area contributed by atoms with Gasteiger partial charge in [0.15, 0.2) is 25.2 Å². The highest BCUT2D eigenvalue weighted by Crippen LogP contribution is 2.40. The molecule has 12 amide bonds. The van der Waals surface area contributed by atoms with Gasteiger partial charge in [-0.25, -0.2) is 4.79 Å². The fourth-order valence-corrected chi connectivity index (χ4v) is 15.8. The molecule has 0 saturated carbocycles. The Labute approximate surface area is 695 Å². The van der Waals surface area contributed by atoms with Gasteiger partial charge < -0.3 is 192 Å². The van der Waals surface area contributed by atoms with Crippen LogP contribution in [0.25, 0.3) is 0 Å². The molecular weight excluding hydrogens is 1640 g/mol. The van der Waals surface area contributed by atoms with Crippen molar-refractivity contribution in [3.63, 3.8) is 0 Å². The summed E-state index contributed by atoms with van der Waals surface area (Å²) in [5, 5.41) is 196. The normalized spacial score (nSPS) is 35.9. The third-order valence-electron chi connectivity index (χ3n) is 22.2. The van der Waals surface area contributed by atoms with Gasteiger partial charge in [-0.3, -0.25) is 57.5 Å². The summed E-state index contributed by atoms with van der Waals surface area (Å²) < 4.78 is 59.8. The molecule has 122 heavy (non-hydrogen) atoms. The summed E-state index contributed by atoms with van der Waals surface area (Å²) in [4.78, 5) is 179. The molecule has 51 nitrogen and oxygen atoms in total. The molecular formula is C71H114N12O39. The number of aliphatic carboxylic acids is 1. The number of carboxylic acid groups (broad SMARTS) is 1. The van der Waals surface area contributed by atoms with Crippen molar-refractivity contribution in [1.82, 2.24) is 57.2 Å². The number of rotatable bonds is 36. The van der Waals surface area contributed by atoms with Crippen molar-refractivity contribution < 1.29 is 191 Å². The number of aliphatic hydroxyl groups excluding tert-OH is 15. The Bertz CT molecular complexity index is 3660. The summed E-state index contributed by atoms with van der Waals surface area (Å²) in [7, 11) is 0. The van der Waals surface area contributed by atoms with Crippen LogP contribution < -0.4 is 48.3 Å². The molecule has 0 aromatic carbocycles. The van der Waals surface area contributed by atoms with E-state index in [2.05, 4.69) is 42.5 Å². The zero-order valence-corrected chi connectivity index (χ0v) is 67.5. The van der Waals surface area contributed by atoms with Gasteiger partial charge in [0.05, 0.1) is 64.4 Å². The number of primary amides is 1. The Morgan fingerprint density at radius 1 is 0.525 bits per heavy atom. The predicted octanol–water partition coefficient (Wildman–Crippen LogP) is -16.3. The molecule has 8 saturated heterocycles. The molecule has 0 aromatic rings. The highest BCUT2D eigenvalue weighted by molar-refractivity contribution is 5.98. The molecule has 8 aliphatic rings. The van der Waals surface area contributed by atoms with Crippen molar-refractivity contribution in [3.8, 4) is 0 Å². The smallest absolute Gasteiger partial charge is 0.364 e. The van der Waals surface area contributed by atoms with Crippen molar-refractivity contribution in [2.24, 2.45) is 5.73 Å². The molecule has 0 aliphatic carbocycles. The Morgan fingerprint density at radius 3 is 1.63 bits per heavy atom. The van der Waals surface area contributed by atoms with Crippen LogP contribution in [0, 0.1) is 0 Å². The molecule has 0 bridgehead atoms. The van der Waals surface area contributed by atoms with E-state index in [0.717, 1.165) is 32.6 Å². The minimum absolute atomic E-state index is 0.0671. The number of hydrogen-bond donors (Lipinski definition) is 25. The number of carbonyl (C=O) groups is 13. The monoisotopic (exact) mass is 1760 g/mol. The Balaban J connectivity index is 1.10. The predicted molar refractivity (Wildman–Crippen MR) is 395 cm³/mol. The molecule has 34 atom stereocenters. The van der Waals surface area contributed by atoms with Crippen molar-refractivity contribution in [2.75, 3.05) is 65.8 Å². The average molecular weight is 1760 g/mol. The lowest BCUT2D eigenvalue weighted by atomic mass is 9.88. The lowest BCUT2D eigenvalue weighted by Gasteiger charge is -2.51.